The molecule has 0 aliphatic carbocycles. The van der Waals surface area contributed by atoms with Crippen LogP contribution in [0.15, 0.2) is 47.5 Å². The van der Waals surface area contributed by atoms with E-state index in [0.717, 1.165) is 0 Å². The van der Waals surface area contributed by atoms with Gasteiger partial charge in [-0.3, -0.25) is 9.78 Å². The number of hydrogen-bond acceptors (Lipinski definition) is 4. The first-order chi connectivity index (χ1) is 10.5. The van der Waals surface area contributed by atoms with Crippen molar-refractivity contribution in [2.45, 2.75) is 24.3 Å². The second-order valence-corrected chi connectivity index (χ2v) is 6.87. The molecule has 0 saturated carbocycles. The highest BCUT2D eigenvalue weighted by atomic mass is 32.2. The lowest BCUT2D eigenvalue weighted by Gasteiger charge is -2.09. The summed E-state index contributed by atoms with van der Waals surface area (Å²) in [6.45, 7) is 1.87. The van der Waals surface area contributed by atoms with Crippen molar-refractivity contribution >= 4 is 21.6 Å². The van der Waals surface area contributed by atoms with Gasteiger partial charge in [0.05, 0.1) is 23.1 Å². The number of hydrogen-bond donors (Lipinski definition) is 2. The molecule has 1 atom stereocenters. The molecule has 0 fully saturated rings. The van der Waals surface area contributed by atoms with Gasteiger partial charge in [-0.2, -0.15) is 0 Å². The molecule has 1 aliphatic rings. The van der Waals surface area contributed by atoms with E-state index in [-0.39, 0.29) is 23.3 Å². The topological polar surface area (TPSA) is 88.2 Å². The number of benzene rings is 1. The van der Waals surface area contributed by atoms with Gasteiger partial charge in [0.2, 0.25) is 15.9 Å². The molecule has 0 bridgehead atoms. The Hall–Kier alpha value is -2.25. The maximum atomic E-state index is 12.3. The van der Waals surface area contributed by atoms with Crippen LogP contribution in [-0.2, 0) is 21.4 Å². The van der Waals surface area contributed by atoms with Crippen LogP contribution in [0.3, 0.4) is 0 Å². The molecule has 7 heteroatoms. The Labute approximate surface area is 128 Å². The van der Waals surface area contributed by atoms with Crippen LogP contribution >= 0.6 is 0 Å². The standard InChI is InChI=1S/C15H15N3O3S/c1-10-13-8-12(5-6-14(13)18-15(10)19)22(20,21)17-9-11-4-2-3-7-16-11/h2-8,10,17H,9H2,1H3,(H,18,19). The largest absolute Gasteiger partial charge is 0.325 e. The van der Waals surface area contributed by atoms with Gasteiger partial charge in [0.1, 0.15) is 0 Å². The number of rotatable bonds is 4. The van der Waals surface area contributed by atoms with Crippen LogP contribution in [0, 0.1) is 0 Å². The molecule has 0 spiro atoms. The van der Waals surface area contributed by atoms with E-state index in [2.05, 4.69) is 15.0 Å². The molecule has 0 saturated heterocycles. The van der Waals surface area contributed by atoms with E-state index >= 15 is 0 Å². The van der Waals surface area contributed by atoms with Gasteiger partial charge >= 0.3 is 0 Å². The van der Waals surface area contributed by atoms with Crippen LogP contribution in [0.25, 0.3) is 0 Å². The van der Waals surface area contributed by atoms with Gasteiger partial charge in [0, 0.05) is 11.9 Å². The lowest BCUT2D eigenvalue weighted by molar-refractivity contribution is -0.116. The third kappa shape index (κ3) is 2.72. The molecule has 1 aliphatic heterocycles. The van der Waals surface area contributed by atoms with Crippen molar-refractivity contribution < 1.29 is 13.2 Å². The van der Waals surface area contributed by atoms with E-state index < -0.39 is 10.0 Å². The van der Waals surface area contributed by atoms with Crippen molar-refractivity contribution in [2.24, 2.45) is 0 Å². The summed E-state index contributed by atoms with van der Waals surface area (Å²) in [5, 5.41) is 2.72. The summed E-state index contributed by atoms with van der Waals surface area (Å²) >= 11 is 0. The smallest absolute Gasteiger partial charge is 0.240 e. The zero-order valence-corrected chi connectivity index (χ0v) is 12.7. The molecule has 2 N–H and O–H groups in total. The van der Waals surface area contributed by atoms with Crippen molar-refractivity contribution in [2.75, 3.05) is 5.32 Å². The minimum Gasteiger partial charge on any atom is -0.325 e. The Bertz CT molecular complexity index is 819. The molecule has 1 aromatic heterocycles. The predicted octanol–water partition coefficient (Wildman–Crippen LogP) is 1.62. The summed E-state index contributed by atoms with van der Waals surface area (Å²) in [5.74, 6) is -0.466. The Kier molecular flexibility index (Phi) is 3.67. The summed E-state index contributed by atoms with van der Waals surface area (Å²) in [7, 11) is -3.65. The number of nitrogens with zero attached hydrogens (tertiary/aromatic N) is 1. The van der Waals surface area contributed by atoms with Crippen LogP contribution < -0.4 is 10.0 Å². The third-order valence-corrected chi connectivity index (χ3v) is 5.02. The molecular formula is C15H15N3O3S. The minimum atomic E-state index is -3.65. The number of carbonyl (C=O) groups is 1. The van der Waals surface area contributed by atoms with Crippen LogP contribution in [0.2, 0.25) is 0 Å². The fourth-order valence-corrected chi connectivity index (χ4v) is 3.35. The van der Waals surface area contributed by atoms with E-state index in [9.17, 15) is 13.2 Å². The summed E-state index contributed by atoms with van der Waals surface area (Å²) in [6, 6.07) is 9.95. The summed E-state index contributed by atoms with van der Waals surface area (Å²) in [4.78, 5) is 15.8. The second-order valence-electron chi connectivity index (χ2n) is 5.11. The number of fused-ring (bicyclic) bond motifs is 1. The zero-order chi connectivity index (χ0) is 15.7. The monoisotopic (exact) mass is 317 g/mol. The van der Waals surface area contributed by atoms with E-state index in [1.165, 1.54) is 6.07 Å². The molecule has 1 unspecified atom stereocenters. The summed E-state index contributed by atoms with van der Waals surface area (Å²) in [6.07, 6.45) is 1.61. The van der Waals surface area contributed by atoms with Gasteiger partial charge in [0.25, 0.3) is 0 Å². The van der Waals surface area contributed by atoms with E-state index in [0.29, 0.717) is 16.9 Å². The van der Waals surface area contributed by atoms with Gasteiger partial charge in [0.15, 0.2) is 0 Å². The molecule has 3 rings (SSSR count). The number of sulfonamides is 1. The zero-order valence-electron chi connectivity index (χ0n) is 11.9. The van der Waals surface area contributed by atoms with Gasteiger partial charge in [-0.05, 0) is 42.8 Å². The minimum absolute atomic E-state index is 0.118. The second kappa shape index (κ2) is 5.51. The van der Waals surface area contributed by atoms with Crippen molar-refractivity contribution in [1.29, 1.82) is 0 Å². The van der Waals surface area contributed by atoms with E-state index in [1.807, 2.05) is 0 Å². The van der Waals surface area contributed by atoms with Gasteiger partial charge in [-0.25, -0.2) is 13.1 Å². The first-order valence-corrected chi connectivity index (χ1v) is 8.30. The first-order valence-electron chi connectivity index (χ1n) is 6.82. The molecule has 6 nitrogen and oxygen atoms in total. The first kappa shape index (κ1) is 14.7. The van der Waals surface area contributed by atoms with Crippen LogP contribution in [0.1, 0.15) is 24.1 Å². The van der Waals surface area contributed by atoms with Crippen LogP contribution in [0.5, 0.6) is 0 Å². The molecular weight excluding hydrogens is 302 g/mol. The lowest BCUT2D eigenvalue weighted by Crippen LogP contribution is -2.23. The number of nitrogens with one attached hydrogen (secondary N) is 2. The Balaban J connectivity index is 1.83. The van der Waals surface area contributed by atoms with Crippen LogP contribution in [0.4, 0.5) is 5.69 Å². The number of pyridine rings is 1. The van der Waals surface area contributed by atoms with Crippen molar-refractivity contribution in [3.8, 4) is 0 Å². The predicted molar refractivity (Wildman–Crippen MR) is 81.7 cm³/mol. The Morgan fingerprint density at radius 1 is 1.27 bits per heavy atom. The maximum Gasteiger partial charge on any atom is 0.240 e. The number of aromatic nitrogens is 1. The molecule has 1 amide bonds. The van der Waals surface area contributed by atoms with Crippen LogP contribution in [-0.4, -0.2) is 19.3 Å². The quantitative estimate of drug-likeness (QED) is 0.897. The number of anilines is 1. The molecule has 114 valence electrons. The van der Waals surface area contributed by atoms with Crippen molar-refractivity contribution in [3.63, 3.8) is 0 Å². The fraction of sp³-hybridized carbons (Fsp3) is 0.200. The fourth-order valence-electron chi connectivity index (χ4n) is 2.32. The van der Waals surface area contributed by atoms with Gasteiger partial charge in [-0.1, -0.05) is 6.07 Å². The normalized spacial score (nSPS) is 17.1. The highest BCUT2D eigenvalue weighted by Crippen LogP contribution is 2.33. The van der Waals surface area contributed by atoms with Crippen molar-refractivity contribution in [3.05, 3.63) is 53.9 Å². The van der Waals surface area contributed by atoms with Gasteiger partial charge in [-0.15, -0.1) is 0 Å². The highest BCUT2D eigenvalue weighted by molar-refractivity contribution is 7.89. The average molecular weight is 317 g/mol. The SMILES string of the molecule is CC1C(=O)Nc2ccc(S(=O)(=O)NCc3ccccn3)cc21. The Morgan fingerprint density at radius 2 is 2.09 bits per heavy atom. The molecule has 1 aromatic carbocycles. The van der Waals surface area contributed by atoms with Crippen molar-refractivity contribution in [1.82, 2.24) is 9.71 Å². The highest BCUT2D eigenvalue weighted by Gasteiger charge is 2.28. The third-order valence-electron chi connectivity index (χ3n) is 3.62. The maximum absolute atomic E-state index is 12.3. The van der Waals surface area contributed by atoms with Gasteiger partial charge < -0.3 is 5.32 Å². The average Bonchev–Trinajstić information content (AvgIpc) is 2.81. The van der Waals surface area contributed by atoms with E-state index in [1.54, 1.807) is 43.5 Å². The summed E-state index contributed by atoms with van der Waals surface area (Å²) < 4.78 is 27.2. The number of amides is 1. The van der Waals surface area contributed by atoms with E-state index in [4.69, 9.17) is 0 Å². The number of carbonyl (C=O) groups excluding carboxylic acids is 1. The molecule has 22 heavy (non-hydrogen) atoms. The lowest BCUT2D eigenvalue weighted by atomic mass is 10.0. The Morgan fingerprint density at radius 3 is 2.82 bits per heavy atom. The summed E-state index contributed by atoms with van der Waals surface area (Å²) in [5.41, 5.74) is 2.00. The molecule has 2 heterocycles. The molecule has 2 aromatic rings. The molecule has 0 radical (unpaired) electrons.